The Balaban J connectivity index is 2.35. The largest absolute Gasteiger partial charge is 0.417 e. The molecule has 19 heavy (non-hydrogen) atoms. The van der Waals surface area contributed by atoms with Gasteiger partial charge in [0.05, 0.1) is 27.7 Å². The highest BCUT2D eigenvalue weighted by atomic mass is 32.1. The number of hydrogen-bond acceptors (Lipinski definition) is 3. The van der Waals surface area contributed by atoms with Crippen LogP contribution in [0.25, 0.3) is 21.6 Å². The number of aromatic nitrogens is 3. The van der Waals surface area contributed by atoms with Crippen LogP contribution in [0.3, 0.4) is 0 Å². The second-order valence-electron chi connectivity index (χ2n) is 4.04. The van der Waals surface area contributed by atoms with Crippen molar-refractivity contribution in [1.82, 2.24) is 14.8 Å². The summed E-state index contributed by atoms with van der Waals surface area (Å²) in [6.07, 6.45) is -3.22. The molecule has 0 unspecified atom stereocenters. The molecule has 3 nitrogen and oxygen atoms in total. The third kappa shape index (κ3) is 1.99. The van der Waals surface area contributed by atoms with Crippen LogP contribution in [0.15, 0.2) is 29.8 Å². The topological polar surface area (TPSA) is 30.7 Å². The summed E-state index contributed by atoms with van der Waals surface area (Å²) in [4.78, 5) is 4.96. The van der Waals surface area contributed by atoms with Crippen molar-refractivity contribution < 1.29 is 13.2 Å². The number of fused-ring (bicyclic) bond motifs is 1. The van der Waals surface area contributed by atoms with E-state index in [0.29, 0.717) is 10.6 Å². The fourth-order valence-corrected chi connectivity index (χ4v) is 2.59. The minimum absolute atomic E-state index is 0.0234. The van der Waals surface area contributed by atoms with E-state index in [2.05, 4.69) is 10.1 Å². The molecule has 3 aromatic heterocycles. The Labute approximate surface area is 110 Å². The zero-order chi connectivity index (χ0) is 13.6. The number of alkyl halides is 3. The highest BCUT2D eigenvalue weighted by molar-refractivity contribution is 7.13. The van der Waals surface area contributed by atoms with E-state index in [1.54, 1.807) is 24.6 Å². The molecule has 0 aromatic carbocycles. The van der Waals surface area contributed by atoms with Crippen molar-refractivity contribution in [3.8, 4) is 10.6 Å². The fourth-order valence-electron chi connectivity index (χ4n) is 1.90. The maximum absolute atomic E-state index is 13.1. The lowest BCUT2D eigenvalue weighted by Gasteiger charge is -2.09. The molecule has 3 heterocycles. The average molecular weight is 283 g/mol. The molecule has 0 saturated heterocycles. The minimum atomic E-state index is -4.42. The first-order valence-electron chi connectivity index (χ1n) is 5.40. The summed E-state index contributed by atoms with van der Waals surface area (Å²) in [5.74, 6) is 0. The lowest BCUT2D eigenvalue weighted by atomic mass is 10.1. The Hall–Kier alpha value is -1.89. The second-order valence-corrected chi connectivity index (χ2v) is 4.98. The Morgan fingerprint density at radius 3 is 2.74 bits per heavy atom. The zero-order valence-electron chi connectivity index (χ0n) is 9.77. The molecule has 0 amide bonds. The fraction of sp³-hybridized carbons (Fsp3) is 0.167. The molecular weight excluding hydrogens is 275 g/mol. The quantitative estimate of drug-likeness (QED) is 0.681. The van der Waals surface area contributed by atoms with Crippen LogP contribution < -0.4 is 0 Å². The van der Waals surface area contributed by atoms with Crippen LogP contribution in [0.5, 0.6) is 0 Å². The number of rotatable bonds is 1. The number of thiophene rings is 1. The van der Waals surface area contributed by atoms with Crippen molar-refractivity contribution in [2.75, 3.05) is 0 Å². The standard InChI is InChI=1S/C12H8F3N3S/c1-18-11-7(6-16-18)8(12(13,14)15)5-9(17-11)10-3-2-4-19-10/h2-6H,1H3. The molecule has 3 rings (SSSR count). The van der Waals surface area contributed by atoms with E-state index in [1.807, 2.05) is 0 Å². The van der Waals surface area contributed by atoms with Crippen LogP contribution in [-0.2, 0) is 13.2 Å². The predicted molar refractivity (Wildman–Crippen MR) is 66.8 cm³/mol. The van der Waals surface area contributed by atoms with Crippen LogP contribution in [-0.4, -0.2) is 14.8 Å². The van der Waals surface area contributed by atoms with Crippen LogP contribution in [0.1, 0.15) is 5.56 Å². The van der Waals surface area contributed by atoms with Gasteiger partial charge in [0, 0.05) is 7.05 Å². The van der Waals surface area contributed by atoms with E-state index >= 15 is 0 Å². The Bertz CT molecular complexity index is 729. The summed E-state index contributed by atoms with van der Waals surface area (Å²) in [6.45, 7) is 0. The van der Waals surface area contributed by atoms with Gasteiger partial charge >= 0.3 is 6.18 Å². The van der Waals surface area contributed by atoms with Crippen molar-refractivity contribution >= 4 is 22.4 Å². The number of halogens is 3. The molecule has 0 aliphatic heterocycles. The Morgan fingerprint density at radius 1 is 1.32 bits per heavy atom. The lowest BCUT2D eigenvalue weighted by molar-refractivity contribution is -0.136. The van der Waals surface area contributed by atoms with Gasteiger partial charge in [0.2, 0.25) is 0 Å². The van der Waals surface area contributed by atoms with Gasteiger partial charge in [-0.3, -0.25) is 4.68 Å². The molecule has 0 atom stereocenters. The predicted octanol–water partition coefficient (Wildman–Crippen LogP) is 3.72. The molecule has 0 N–H and O–H groups in total. The molecule has 0 aliphatic rings. The van der Waals surface area contributed by atoms with Crippen molar-refractivity contribution in [1.29, 1.82) is 0 Å². The molecule has 98 valence electrons. The van der Waals surface area contributed by atoms with Crippen LogP contribution in [0, 0.1) is 0 Å². The van der Waals surface area contributed by atoms with Gasteiger partial charge in [-0.2, -0.15) is 18.3 Å². The maximum atomic E-state index is 13.1. The zero-order valence-corrected chi connectivity index (χ0v) is 10.6. The molecule has 0 radical (unpaired) electrons. The lowest BCUT2D eigenvalue weighted by Crippen LogP contribution is -2.07. The van der Waals surface area contributed by atoms with E-state index in [1.165, 1.54) is 22.2 Å². The van der Waals surface area contributed by atoms with Gasteiger partial charge in [0.25, 0.3) is 0 Å². The summed E-state index contributed by atoms with van der Waals surface area (Å²) >= 11 is 1.35. The van der Waals surface area contributed by atoms with Crippen molar-refractivity contribution in [3.05, 3.63) is 35.3 Å². The van der Waals surface area contributed by atoms with Gasteiger partial charge < -0.3 is 0 Å². The Morgan fingerprint density at radius 2 is 2.11 bits per heavy atom. The summed E-state index contributed by atoms with van der Waals surface area (Å²) in [5, 5.41) is 5.68. The summed E-state index contributed by atoms with van der Waals surface area (Å²) in [5.41, 5.74) is -0.148. The van der Waals surface area contributed by atoms with E-state index in [9.17, 15) is 13.2 Å². The first-order chi connectivity index (χ1) is 8.97. The first kappa shape index (κ1) is 12.2. The van der Waals surface area contributed by atoms with Gasteiger partial charge in [-0.05, 0) is 17.5 Å². The van der Waals surface area contributed by atoms with Gasteiger partial charge in [-0.25, -0.2) is 4.98 Å². The molecular formula is C12H8F3N3S. The maximum Gasteiger partial charge on any atom is 0.417 e. The molecule has 0 saturated carbocycles. The molecule has 3 aromatic rings. The first-order valence-corrected chi connectivity index (χ1v) is 6.28. The smallest absolute Gasteiger partial charge is 0.250 e. The molecule has 0 spiro atoms. The summed E-state index contributed by atoms with van der Waals surface area (Å²) in [7, 11) is 1.58. The number of nitrogens with zero attached hydrogens (tertiary/aromatic N) is 3. The highest BCUT2D eigenvalue weighted by Gasteiger charge is 2.34. The van der Waals surface area contributed by atoms with Crippen LogP contribution >= 0.6 is 11.3 Å². The number of pyridine rings is 1. The Kier molecular flexibility index (Phi) is 2.60. The van der Waals surface area contributed by atoms with Gasteiger partial charge in [0.15, 0.2) is 5.65 Å². The SMILES string of the molecule is Cn1ncc2c(C(F)(F)F)cc(-c3cccs3)nc21. The van der Waals surface area contributed by atoms with Crippen LogP contribution in [0.4, 0.5) is 13.2 Å². The third-order valence-electron chi connectivity index (χ3n) is 2.78. The van der Waals surface area contributed by atoms with Gasteiger partial charge in [-0.1, -0.05) is 6.07 Å². The molecule has 0 aliphatic carbocycles. The van der Waals surface area contributed by atoms with Gasteiger partial charge in [0.1, 0.15) is 0 Å². The number of aryl methyl sites for hydroxylation is 1. The van der Waals surface area contributed by atoms with Crippen molar-refractivity contribution in [3.63, 3.8) is 0 Å². The highest BCUT2D eigenvalue weighted by Crippen LogP contribution is 2.37. The van der Waals surface area contributed by atoms with Crippen molar-refractivity contribution in [2.24, 2.45) is 7.05 Å². The third-order valence-corrected chi connectivity index (χ3v) is 3.68. The van der Waals surface area contributed by atoms with E-state index < -0.39 is 11.7 Å². The summed E-state index contributed by atoms with van der Waals surface area (Å²) < 4.78 is 40.6. The average Bonchev–Trinajstić information content (AvgIpc) is 2.97. The van der Waals surface area contributed by atoms with E-state index in [-0.39, 0.29) is 11.0 Å². The number of hydrogen-bond donors (Lipinski definition) is 0. The van der Waals surface area contributed by atoms with Crippen LogP contribution in [0.2, 0.25) is 0 Å². The minimum Gasteiger partial charge on any atom is -0.250 e. The monoisotopic (exact) mass is 283 g/mol. The molecule has 7 heteroatoms. The van der Waals surface area contributed by atoms with Crippen molar-refractivity contribution in [2.45, 2.75) is 6.18 Å². The summed E-state index contributed by atoms with van der Waals surface area (Å²) in [6, 6.07) is 4.60. The van der Waals surface area contributed by atoms with E-state index in [0.717, 1.165) is 6.07 Å². The van der Waals surface area contributed by atoms with E-state index in [4.69, 9.17) is 0 Å². The normalized spacial score (nSPS) is 12.2. The van der Waals surface area contributed by atoms with Gasteiger partial charge in [-0.15, -0.1) is 11.3 Å². The molecule has 0 bridgehead atoms. The molecule has 0 fully saturated rings. The second kappa shape index (κ2) is 4.06.